The SMILES string of the molecule is NC(=NC(=O)OCc1ccccc1)NC=O. The summed E-state index contributed by atoms with van der Waals surface area (Å²) in [5, 5.41) is 2.02. The number of hydrogen-bond donors (Lipinski definition) is 2. The second-order valence-corrected chi connectivity index (χ2v) is 2.80. The Morgan fingerprint density at radius 2 is 2.12 bits per heavy atom. The summed E-state index contributed by atoms with van der Waals surface area (Å²) in [6, 6.07) is 9.13. The molecule has 0 bridgehead atoms. The number of amides is 2. The first-order valence-electron chi connectivity index (χ1n) is 4.47. The number of aliphatic imine (C=N–C) groups is 1. The minimum absolute atomic E-state index is 0.109. The summed E-state index contributed by atoms with van der Waals surface area (Å²) in [7, 11) is 0. The van der Waals surface area contributed by atoms with Crippen LogP contribution in [0.25, 0.3) is 0 Å². The molecule has 1 aromatic rings. The Kier molecular flexibility index (Phi) is 4.52. The molecule has 3 N–H and O–H groups in total. The highest BCUT2D eigenvalue weighted by Gasteiger charge is 2.01. The van der Waals surface area contributed by atoms with Gasteiger partial charge in [-0.1, -0.05) is 30.3 Å². The van der Waals surface area contributed by atoms with E-state index in [1.54, 1.807) is 0 Å². The number of carbonyl (C=O) groups excluding carboxylic acids is 2. The van der Waals surface area contributed by atoms with E-state index in [0.717, 1.165) is 5.56 Å². The van der Waals surface area contributed by atoms with Crippen LogP contribution in [-0.2, 0) is 16.1 Å². The maximum Gasteiger partial charge on any atom is 0.437 e. The quantitative estimate of drug-likeness (QED) is 0.438. The molecular weight excluding hydrogens is 210 g/mol. The fourth-order valence-corrected chi connectivity index (χ4v) is 0.943. The van der Waals surface area contributed by atoms with Crippen LogP contribution in [0.5, 0.6) is 0 Å². The van der Waals surface area contributed by atoms with Gasteiger partial charge >= 0.3 is 6.09 Å². The third-order valence-corrected chi connectivity index (χ3v) is 1.62. The molecule has 0 aromatic heterocycles. The summed E-state index contributed by atoms with van der Waals surface area (Å²) >= 11 is 0. The maximum absolute atomic E-state index is 11.1. The number of hydrogen-bond acceptors (Lipinski definition) is 3. The summed E-state index contributed by atoms with van der Waals surface area (Å²) in [6.45, 7) is 0.109. The number of nitrogens with one attached hydrogen (secondary N) is 1. The molecule has 0 heterocycles. The Balaban J connectivity index is 2.41. The van der Waals surface area contributed by atoms with Crippen molar-refractivity contribution in [3.8, 4) is 0 Å². The highest BCUT2D eigenvalue weighted by Crippen LogP contribution is 2.01. The van der Waals surface area contributed by atoms with Gasteiger partial charge in [-0.15, -0.1) is 4.99 Å². The first-order chi connectivity index (χ1) is 7.72. The van der Waals surface area contributed by atoms with Crippen LogP contribution in [-0.4, -0.2) is 18.5 Å². The summed E-state index contributed by atoms with van der Waals surface area (Å²) < 4.78 is 4.78. The number of guanidine groups is 1. The predicted molar refractivity (Wildman–Crippen MR) is 57.4 cm³/mol. The van der Waals surface area contributed by atoms with Crippen LogP contribution in [0, 0.1) is 0 Å². The van der Waals surface area contributed by atoms with Gasteiger partial charge in [0, 0.05) is 0 Å². The van der Waals surface area contributed by atoms with E-state index in [4.69, 9.17) is 10.5 Å². The Labute approximate surface area is 92.1 Å². The van der Waals surface area contributed by atoms with E-state index in [-0.39, 0.29) is 12.6 Å². The Morgan fingerprint density at radius 1 is 1.44 bits per heavy atom. The Morgan fingerprint density at radius 3 is 2.75 bits per heavy atom. The Bertz CT molecular complexity index is 390. The lowest BCUT2D eigenvalue weighted by Gasteiger charge is -2.01. The normalized spacial score (nSPS) is 10.6. The average Bonchev–Trinajstić information content (AvgIpc) is 2.28. The molecule has 0 spiro atoms. The molecule has 0 saturated heterocycles. The molecule has 0 unspecified atom stereocenters. The molecule has 1 rings (SSSR count). The molecule has 6 heteroatoms. The van der Waals surface area contributed by atoms with Crippen LogP contribution >= 0.6 is 0 Å². The lowest BCUT2D eigenvalue weighted by atomic mass is 10.2. The molecule has 84 valence electrons. The molecule has 0 saturated carbocycles. The van der Waals surface area contributed by atoms with Gasteiger partial charge in [0.1, 0.15) is 6.61 Å². The molecule has 1 aromatic carbocycles. The molecule has 2 amide bonds. The number of carbonyl (C=O) groups is 2. The molecule has 0 atom stereocenters. The topological polar surface area (TPSA) is 93.8 Å². The van der Waals surface area contributed by atoms with Gasteiger partial charge in [-0.2, -0.15) is 0 Å². The second kappa shape index (κ2) is 6.18. The molecule has 0 fully saturated rings. The van der Waals surface area contributed by atoms with E-state index in [2.05, 4.69) is 4.99 Å². The molecule has 0 aliphatic carbocycles. The van der Waals surface area contributed by atoms with E-state index in [1.165, 1.54) is 0 Å². The zero-order valence-corrected chi connectivity index (χ0v) is 8.42. The fraction of sp³-hybridized carbons (Fsp3) is 0.100. The van der Waals surface area contributed by atoms with Crippen molar-refractivity contribution in [1.82, 2.24) is 5.32 Å². The molecule has 0 radical (unpaired) electrons. The molecule has 0 aliphatic heterocycles. The summed E-state index contributed by atoms with van der Waals surface area (Å²) in [5.41, 5.74) is 6.00. The zero-order valence-electron chi connectivity index (χ0n) is 8.42. The number of nitrogens with two attached hydrogens (primary N) is 1. The predicted octanol–water partition coefficient (Wildman–Crippen LogP) is 0.384. The van der Waals surface area contributed by atoms with Gasteiger partial charge in [0.25, 0.3) is 0 Å². The van der Waals surface area contributed by atoms with Gasteiger partial charge in [0.2, 0.25) is 12.4 Å². The van der Waals surface area contributed by atoms with Gasteiger partial charge in [-0.3, -0.25) is 10.1 Å². The number of ether oxygens (including phenoxy) is 1. The zero-order chi connectivity index (χ0) is 11.8. The number of nitrogens with zero attached hydrogens (tertiary/aromatic N) is 1. The van der Waals surface area contributed by atoms with E-state index < -0.39 is 6.09 Å². The Hall–Kier alpha value is -2.37. The van der Waals surface area contributed by atoms with Crippen LogP contribution in [0.15, 0.2) is 35.3 Å². The third-order valence-electron chi connectivity index (χ3n) is 1.62. The van der Waals surface area contributed by atoms with E-state index >= 15 is 0 Å². The largest absolute Gasteiger partial charge is 0.443 e. The smallest absolute Gasteiger partial charge is 0.437 e. The van der Waals surface area contributed by atoms with Gasteiger partial charge in [-0.05, 0) is 5.56 Å². The van der Waals surface area contributed by atoms with Crippen LogP contribution in [0.1, 0.15) is 5.56 Å². The molecular formula is C10H11N3O3. The van der Waals surface area contributed by atoms with E-state index in [9.17, 15) is 9.59 Å². The van der Waals surface area contributed by atoms with Crippen molar-refractivity contribution in [3.05, 3.63) is 35.9 Å². The van der Waals surface area contributed by atoms with Crippen molar-refractivity contribution in [3.63, 3.8) is 0 Å². The van der Waals surface area contributed by atoms with Gasteiger partial charge in [-0.25, -0.2) is 4.79 Å². The van der Waals surface area contributed by atoms with Crippen molar-refractivity contribution in [2.45, 2.75) is 6.61 Å². The van der Waals surface area contributed by atoms with Crippen LogP contribution < -0.4 is 11.1 Å². The minimum atomic E-state index is -0.851. The minimum Gasteiger partial charge on any atom is -0.443 e. The first-order valence-corrected chi connectivity index (χ1v) is 4.47. The standard InChI is InChI=1S/C10H11N3O3/c11-9(12-7-14)13-10(15)16-6-8-4-2-1-3-5-8/h1-5,7H,6H2,(H3,11,12,13,14,15). The fourth-order valence-electron chi connectivity index (χ4n) is 0.943. The van der Waals surface area contributed by atoms with E-state index in [1.807, 2.05) is 35.6 Å². The van der Waals surface area contributed by atoms with E-state index in [0.29, 0.717) is 6.41 Å². The highest BCUT2D eigenvalue weighted by atomic mass is 16.5. The van der Waals surface area contributed by atoms with Crippen molar-refractivity contribution in [1.29, 1.82) is 0 Å². The van der Waals surface area contributed by atoms with Gasteiger partial charge < -0.3 is 10.5 Å². The maximum atomic E-state index is 11.1. The van der Waals surface area contributed by atoms with Gasteiger partial charge in [0.15, 0.2) is 0 Å². The highest BCUT2D eigenvalue weighted by molar-refractivity contribution is 5.94. The van der Waals surface area contributed by atoms with Gasteiger partial charge in [0.05, 0.1) is 0 Å². The summed E-state index contributed by atoms with van der Waals surface area (Å²) in [5.74, 6) is -0.298. The average molecular weight is 221 g/mol. The van der Waals surface area contributed by atoms with Crippen LogP contribution in [0.4, 0.5) is 4.79 Å². The van der Waals surface area contributed by atoms with Crippen LogP contribution in [0.3, 0.4) is 0 Å². The van der Waals surface area contributed by atoms with Crippen LogP contribution in [0.2, 0.25) is 0 Å². The summed E-state index contributed by atoms with van der Waals surface area (Å²) in [6.07, 6.45) is -0.528. The number of benzene rings is 1. The molecule has 16 heavy (non-hydrogen) atoms. The first kappa shape index (κ1) is 11.7. The lowest BCUT2D eigenvalue weighted by molar-refractivity contribution is -0.108. The third kappa shape index (κ3) is 4.23. The second-order valence-electron chi connectivity index (χ2n) is 2.80. The lowest BCUT2D eigenvalue weighted by Crippen LogP contribution is -2.31. The van der Waals surface area contributed by atoms with Crippen molar-refractivity contribution in [2.75, 3.05) is 0 Å². The number of rotatable bonds is 3. The summed E-state index contributed by atoms with van der Waals surface area (Å²) in [4.78, 5) is 24.3. The van der Waals surface area contributed by atoms with Crippen molar-refractivity contribution in [2.24, 2.45) is 10.7 Å². The molecule has 6 nitrogen and oxygen atoms in total. The van der Waals surface area contributed by atoms with Crippen molar-refractivity contribution >= 4 is 18.5 Å². The van der Waals surface area contributed by atoms with Crippen molar-refractivity contribution < 1.29 is 14.3 Å². The monoisotopic (exact) mass is 221 g/mol. The molecule has 0 aliphatic rings.